The number of carbonyl (C=O) groups excluding carboxylic acids is 3. The summed E-state index contributed by atoms with van der Waals surface area (Å²) >= 11 is 6.53. The summed E-state index contributed by atoms with van der Waals surface area (Å²) in [6.07, 6.45) is 2.80. The SMILES string of the molecule is C=CC(=O)n1nc(C(C)(C)C)cc1CC(=O)Cc1ccc(Oc2ccnc3cc(OC)c(C(N)=O)cc23)cc1Cl. The van der Waals surface area contributed by atoms with E-state index >= 15 is 0 Å². The third-order valence-electron chi connectivity index (χ3n) is 6.24. The number of ether oxygens (including phenoxy) is 2. The predicted molar refractivity (Wildman–Crippen MR) is 153 cm³/mol. The molecule has 0 aliphatic heterocycles. The zero-order valence-corrected chi connectivity index (χ0v) is 23.4. The summed E-state index contributed by atoms with van der Waals surface area (Å²) in [5, 5.41) is 5.30. The molecular formula is C30H29ClN4O5. The Morgan fingerprint density at radius 2 is 1.82 bits per heavy atom. The molecule has 0 unspecified atom stereocenters. The highest BCUT2D eigenvalue weighted by Gasteiger charge is 2.23. The van der Waals surface area contributed by atoms with Crippen molar-refractivity contribution in [1.29, 1.82) is 0 Å². The Hall–Kier alpha value is -4.50. The van der Waals surface area contributed by atoms with Gasteiger partial charge in [0, 0.05) is 40.9 Å². The number of fused-ring (bicyclic) bond motifs is 1. The molecule has 206 valence electrons. The monoisotopic (exact) mass is 560 g/mol. The Morgan fingerprint density at radius 3 is 2.45 bits per heavy atom. The van der Waals surface area contributed by atoms with E-state index in [1.54, 1.807) is 48.7 Å². The van der Waals surface area contributed by atoms with Gasteiger partial charge in [-0.1, -0.05) is 45.0 Å². The van der Waals surface area contributed by atoms with Crippen LogP contribution in [0.4, 0.5) is 0 Å². The third-order valence-corrected chi connectivity index (χ3v) is 6.59. The molecule has 2 aromatic carbocycles. The number of Topliss-reactive ketones (excluding diaryl/α,β-unsaturated/α-hetero) is 1. The molecule has 1 amide bonds. The molecule has 0 aliphatic rings. The number of methoxy groups -OCH3 is 1. The lowest BCUT2D eigenvalue weighted by molar-refractivity contribution is -0.117. The molecule has 0 aliphatic carbocycles. The standard InChI is InChI=1S/C30H29ClN4O5/c1-6-28(37)35-18(13-27(34-35)30(2,3)4)12-19(36)11-17-7-8-20(14-23(17)31)40-25-9-10-33-24-16-26(39-5)22(29(32)38)15-21(24)25/h6-10,13-16H,1,11-12H2,2-5H3,(H2,32,38). The van der Waals surface area contributed by atoms with Gasteiger partial charge in [-0.3, -0.25) is 19.4 Å². The number of amides is 1. The van der Waals surface area contributed by atoms with E-state index in [2.05, 4.69) is 16.7 Å². The second-order valence-corrected chi connectivity index (χ2v) is 10.6. The van der Waals surface area contributed by atoms with Crippen molar-refractivity contribution >= 4 is 40.1 Å². The maximum atomic E-state index is 13.0. The number of carbonyl (C=O) groups is 3. The van der Waals surface area contributed by atoms with Crippen molar-refractivity contribution in [1.82, 2.24) is 14.8 Å². The molecule has 2 heterocycles. The molecule has 4 aromatic rings. The highest BCUT2D eigenvalue weighted by molar-refractivity contribution is 6.31. The summed E-state index contributed by atoms with van der Waals surface area (Å²) in [4.78, 5) is 41.5. The van der Waals surface area contributed by atoms with E-state index in [-0.39, 0.29) is 29.6 Å². The molecule has 0 radical (unpaired) electrons. The Labute approximate surface area is 236 Å². The Balaban J connectivity index is 1.55. The normalized spacial score (nSPS) is 11.3. The van der Waals surface area contributed by atoms with Gasteiger partial charge in [0.1, 0.15) is 23.0 Å². The Morgan fingerprint density at radius 1 is 1.07 bits per heavy atom. The molecule has 0 spiro atoms. The largest absolute Gasteiger partial charge is 0.496 e. The van der Waals surface area contributed by atoms with Crippen LogP contribution in [0, 0.1) is 0 Å². The average molecular weight is 561 g/mol. The molecule has 40 heavy (non-hydrogen) atoms. The van der Waals surface area contributed by atoms with Gasteiger partial charge < -0.3 is 15.2 Å². The number of aromatic nitrogens is 3. The zero-order chi connectivity index (χ0) is 29.2. The number of pyridine rings is 1. The first-order valence-corrected chi connectivity index (χ1v) is 12.8. The molecule has 4 rings (SSSR count). The van der Waals surface area contributed by atoms with Gasteiger partial charge >= 0.3 is 0 Å². The minimum atomic E-state index is -0.642. The fourth-order valence-electron chi connectivity index (χ4n) is 4.13. The molecule has 0 fully saturated rings. The van der Waals surface area contributed by atoms with E-state index in [9.17, 15) is 14.4 Å². The van der Waals surface area contributed by atoms with Gasteiger partial charge in [-0.15, -0.1) is 0 Å². The fraction of sp³-hybridized carbons (Fsp3) is 0.233. The van der Waals surface area contributed by atoms with Crippen molar-refractivity contribution in [3.8, 4) is 17.2 Å². The van der Waals surface area contributed by atoms with Gasteiger partial charge in [0.2, 0.25) is 0 Å². The van der Waals surface area contributed by atoms with E-state index in [0.717, 1.165) is 0 Å². The number of primary amides is 1. The molecule has 0 saturated heterocycles. The number of benzene rings is 2. The summed E-state index contributed by atoms with van der Waals surface area (Å²) in [5.41, 5.74) is 7.77. The number of hydrogen-bond acceptors (Lipinski definition) is 7. The minimum Gasteiger partial charge on any atom is -0.496 e. The van der Waals surface area contributed by atoms with Crippen LogP contribution in [-0.4, -0.2) is 39.5 Å². The average Bonchev–Trinajstić information content (AvgIpc) is 3.33. The third kappa shape index (κ3) is 6.05. The molecule has 2 aromatic heterocycles. The number of rotatable bonds is 9. The van der Waals surface area contributed by atoms with Crippen LogP contribution in [0.2, 0.25) is 5.02 Å². The second-order valence-electron chi connectivity index (χ2n) is 10.2. The predicted octanol–water partition coefficient (Wildman–Crippen LogP) is 5.46. The smallest absolute Gasteiger partial charge is 0.270 e. The molecule has 2 N–H and O–H groups in total. The van der Waals surface area contributed by atoms with Crippen LogP contribution in [0.25, 0.3) is 10.9 Å². The van der Waals surface area contributed by atoms with Gasteiger partial charge in [-0.25, -0.2) is 4.68 Å². The van der Waals surface area contributed by atoms with E-state index < -0.39 is 11.8 Å². The van der Waals surface area contributed by atoms with Crippen LogP contribution in [0.15, 0.2) is 61.3 Å². The topological polar surface area (TPSA) is 126 Å². The summed E-state index contributed by atoms with van der Waals surface area (Å²) in [6, 6.07) is 11.6. The molecule has 0 bridgehead atoms. The van der Waals surface area contributed by atoms with Gasteiger partial charge in [-0.05, 0) is 42.0 Å². The minimum absolute atomic E-state index is 0.00586. The van der Waals surface area contributed by atoms with Crippen LogP contribution < -0.4 is 15.2 Å². The highest BCUT2D eigenvalue weighted by Crippen LogP contribution is 2.34. The summed E-state index contributed by atoms with van der Waals surface area (Å²) in [6.45, 7) is 9.47. The number of hydrogen-bond donors (Lipinski definition) is 1. The van der Waals surface area contributed by atoms with Crippen LogP contribution in [0.5, 0.6) is 17.2 Å². The molecule has 10 heteroatoms. The van der Waals surface area contributed by atoms with Crippen LogP contribution in [0.1, 0.15) is 52.9 Å². The van der Waals surface area contributed by atoms with Crippen LogP contribution in [-0.2, 0) is 23.1 Å². The summed E-state index contributed by atoms with van der Waals surface area (Å²) in [7, 11) is 1.45. The first kappa shape index (κ1) is 28.5. The van der Waals surface area contributed by atoms with Crippen molar-refractivity contribution in [3.05, 3.63) is 88.9 Å². The van der Waals surface area contributed by atoms with Gasteiger partial charge in [0.25, 0.3) is 11.8 Å². The van der Waals surface area contributed by atoms with E-state index in [4.69, 9.17) is 26.8 Å². The quantitative estimate of drug-likeness (QED) is 0.269. The molecular weight excluding hydrogens is 532 g/mol. The van der Waals surface area contributed by atoms with Gasteiger partial charge in [-0.2, -0.15) is 5.10 Å². The summed E-state index contributed by atoms with van der Waals surface area (Å²) in [5.74, 6) is -0.00478. The van der Waals surface area contributed by atoms with Crippen molar-refractivity contribution in [2.75, 3.05) is 7.11 Å². The van der Waals surface area contributed by atoms with E-state index in [1.807, 2.05) is 20.8 Å². The van der Waals surface area contributed by atoms with Crippen molar-refractivity contribution < 1.29 is 23.9 Å². The first-order valence-electron chi connectivity index (χ1n) is 12.4. The number of ketones is 1. The number of nitrogens with zero attached hydrogens (tertiary/aromatic N) is 3. The lowest BCUT2D eigenvalue weighted by atomic mass is 9.92. The molecule has 9 nitrogen and oxygen atoms in total. The molecule has 0 atom stereocenters. The van der Waals surface area contributed by atoms with E-state index in [1.165, 1.54) is 17.9 Å². The second kappa shape index (κ2) is 11.3. The summed E-state index contributed by atoms with van der Waals surface area (Å²) < 4.78 is 12.5. The van der Waals surface area contributed by atoms with Gasteiger partial charge in [0.15, 0.2) is 0 Å². The lowest BCUT2D eigenvalue weighted by Gasteiger charge is -2.13. The zero-order valence-electron chi connectivity index (χ0n) is 22.7. The maximum Gasteiger partial charge on any atom is 0.270 e. The maximum absolute atomic E-state index is 13.0. The number of halogens is 1. The van der Waals surface area contributed by atoms with Crippen molar-refractivity contribution in [3.63, 3.8) is 0 Å². The van der Waals surface area contributed by atoms with Gasteiger partial charge in [0.05, 0.1) is 29.6 Å². The number of nitrogens with two attached hydrogens (primary N) is 1. The van der Waals surface area contributed by atoms with Crippen LogP contribution >= 0.6 is 11.6 Å². The Kier molecular flexibility index (Phi) is 8.06. The van der Waals surface area contributed by atoms with Crippen molar-refractivity contribution in [2.24, 2.45) is 5.73 Å². The first-order chi connectivity index (χ1) is 18.9. The van der Waals surface area contributed by atoms with E-state index in [0.29, 0.717) is 50.1 Å². The van der Waals surface area contributed by atoms with Crippen molar-refractivity contribution in [2.45, 2.75) is 39.0 Å². The highest BCUT2D eigenvalue weighted by atomic mass is 35.5. The Bertz CT molecular complexity index is 1650. The fourth-order valence-corrected chi connectivity index (χ4v) is 4.36. The van der Waals surface area contributed by atoms with Crippen LogP contribution in [0.3, 0.4) is 0 Å². The lowest BCUT2D eigenvalue weighted by Crippen LogP contribution is -2.18. The number of allylic oxidation sites excluding steroid dienone is 1. The molecule has 0 saturated carbocycles.